The van der Waals surface area contributed by atoms with Crippen LogP contribution >= 0.6 is 24.0 Å². The SMILES string of the molecule is CCCC(C)[C@H](c1cccc(C(F)(F)F)c1Cl)N1CCNCC1.Cl. The fraction of sp³-hybridized carbons (Fsp3) is 0.647. The Labute approximate surface area is 153 Å². The van der Waals surface area contributed by atoms with E-state index in [-0.39, 0.29) is 29.4 Å². The van der Waals surface area contributed by atoms with E-state index >= 15 is 0 Å². The summed E-state index contributed by atoms with van der Waals surface area (Å²) in [6.07, 6.45) is -2.46. The summed E-state index contributed by atoms with van der Waals surface area (Å²) in [5.74, 6) is 0.249. The number of alkyl halides is 3. The van der Waals surface area contributed by atoms with Crippen molar-refractivity contribution >= 4 is 24.0 Å². The normalized spacial score (nSPS) is 18.8. The third kappa shape index (κ3) is 5.01. The van der Waals surface area contributed by atoms with Gasteiger partial charge in [0.15, 0.2) is 0 Å². The lowest BCUT2D eigenvalue weighted by atomic mass is 9.88. The van der Waals surface area contributed by atoms with Crippen LogP contribution in [0.3, 0.4) is 0 Å². The first-order valence-electron chi connectivity index (χ1n) is 8.16. The van der Waals surface area contributed by atoms with Crippen molar-refractivity contribution < 1.29 is 13.2 Å². The van der Waals surface area contributed by atoms with E-state index in [4.69, 9.17) is 11.6 Å². The highest BCUT2D eigenvalue weighted by molar-refractivity contribution is 6.32. The first kappa shape index (κ1) is 21.6. The smallest absolute Gasteiger partial charge is 0.314 e. The summed E-state index contributed by atoms with van der Waals surface area (Å²) < 4.78 is 39.5. The van der Waals surface area contributed by atoms with Gasteiger partial charge in [0.05, 0.1) is 10.6 Å². The fourth-order valence-corrected chi connectivity index (χ4v) is 3.78. The van der Waals surface area contributed by atoms with Crippen LogP contribution in [-0.4, -0.2) is 31.1 Å². The Hall–Kier alpha value is -0.490. The van der Waals surface area contributed by atoms with E-state index in [1.807, 2.05) is 0 Å². The zero-order valence-corrected chi connectivity index (χ0v) is 15.6. The van der Waals surface area contributed by atoms with E-state index in [0.29, 0.717) is 5.56 Å². The summed E-state index contributed by atoms with van der Waals surface area (Å²) >= 11 is 6.19. The van der Waals surface area contributed by atoms with Gasteiger partial charge < -0.3 is 5.32 Å². The molecular formula is C17H25Cl2F3N2. The summed E-state index contributed by atoms with van der Waals surface area (Å²) in [5.41, 5.74) is -0.134. The van der Waals surface area contributed by atoms with Gasteiger partial charge in [-0.2, -0.15) is 13.2 Å². The van der Waals surface area contributed by atoms with Crippen molar-refractivity contribution in [2.75, 3.05) is 26.2 Å². The van der Waals surface area contributed by atoms with Gasteiger partial charge in [0.1, 0.15) is 0 Å². The fourth-order valence-electron chi connectivity index (χ4n) is 3.43. The summed E-state index contributed by atoms with van der Waals surface area (Å²) in [6, 6.07) is 4.20. The first-order chi connectivity index (χ1) is 10.9. The van der Waals surface area contributed by atoms with Crippen LogP contribution in [-0.2, 0) is 6.18 Å². The molecule has 1 unspecified atom stereocenters. The molecule has 0 amide bonds. The zero-order chi connectivity index (χ0) is 17.0. The number of nitrogens with one attached hydrogen (secondary N) is 1. The Balaban J connectivity index is 0.00000288. The van der Waals surface area contributed by atoms with Crippen molar-refractivity contribution in [3.8, 4) is 0 Å². The van der Waals surface area contributed by atoms with Crippen molar-refractivity contribution in [3.05, 3.63) is 34.3 Å². The average Bonchev–Trinajstić information content (AvgIpc) is 2.49. The summed E-state index contributed by atoms with van der Waals surface area (Å²) in [5, 5.41) is 3.14. The van der Waals surface area contributed by atoms with Gasteiger partial charge in [-0.3, -0.25) is 4.90 Å². The Bertz CT molecular complexity index is 517. The minimum absolute atomic E-state index is 0. The maximum Gasteiger partial charge on any atom is 0.417 e. The van der Waals surface area contributed by atoms with Crippen LogP contribution in [0.25, 0.3) is 0 Å². The molecule has 138 valence electrons. The van der Waals surface area contributed by atoms with Gasteiger partial charge in [-0.25, -0.2) is 0 Å². The molecule has 1 aliphatic rings. The molecule has 7 heteroatoms. The van der Waals surface area contributed by atoms with Crippen LogP contribution in [0.5, 0.6) is 0 Å². The number of benzene rings is 1. The van der Waals surface area contributed by atoms with E-state index in [9.17, 15) is 13.2 Å². The van der Waals surface area contributed by atoms with E-state index < -0.39 is 11.7 Å². The van der Waals surface area contributed by atoms with Crippen LogP contribution in [0.1, 0.15) is 43.9 Å². The second-order valence-electron chi connectivity index (χ2n) is 6.20. The van der Waals surface area contributed by atoms with Crippen molar-refractivity contribution in [1.29, 1.82) is 0 Å². The molecule has 0 spiro atoms. The second-order valence-corrected chi connectivity index (χ2v) is 6.58. The molecule has 1 aliphatic heterocycles. The predicted octanol–water partition coefficient (Wildman–Crippen LogP) is 5.16. The topological polar surface area (TPSA) is 15.3 Å². The summed E-state index contributed by atoms with van der Waals surface area (Å²) in [6.45, 7) is 7.56. The summed E-state index contributed by atoms with van der Waals surface area (Å²) in [4.78, 5) is 2.26. The van der Waals surface area contributed by atoms with Crippen LogP contribution in [0, 0.1) is 5.92 Å². The lowest BCUT2D eigenvalue weighted by molar-refractivity contribution is -0.137. The van der Waals surface area contributed by atoms with Gasteiger partial charge in [-0.05, 0) is 24.0 Å². The molecule has 0 bridgehead atoms. The van der Waals surface area contributed by atoms with Gasteiger partial charge in [-0.15, -0.1) is 12.4 Å². The van der Waals surface area contributed by atoms with Crippen LogP contribution < -0.4 is 5.32 Å². The number of rotatable bonds is 5. The highest BCUT2D eigenvalue weighted by Gasteiger charge is 2.36. The molecule has 24 heavy (non-hydrogen) atoms. The van der Waals surface area contributed by atoms with Gasteiger partial charge in [0, 0.05) is 32.2 Å². The molecule has 1 saturated heterocycles. The summed E-state index contributed by atoms with van der Waals surface area (Å²) in [7, 11) is 0. The van der Waals surface area contributed by atoms with Gasteiger partial charge in [-0.1, -0.05) is 44.0 Å². The monoisotopic (exact) mass is 384 g/mol. The molecule has 0 saturated carbocycles. The zero-order valence-electron chi connectivity index (χ0n) is 14.0. The van der Waals surface area contributed by atoms with Gasteiger partial charge in [0.2, 0.25) is 0 Å². The highest BCUT2D eigenvalue weighted by atomic mass is 35.5. The molecule has 0 radical (unpaired) electrons. The Morgan fingerprint density at radius 1 is 1.25 bits per heavy atom. The number of nitrogens with zero attached hydrogens (tertiary/aromatic N) is 1. The van der Waals surface area contributed by atoms with E-state index in [2.05, 4.69) is 24.1 Å². The number of piperazine rings is 1. The molecule has 1 heterocycles. The first-order valence-corrected chi connectivity index (χ1v) is 8.54. The van der Waals surface area contributed by atoms with Crippen molar-refractivity contribution in [3.63, 3.8) is 0 Å². The quantitative estimate of drug-likeness (QED) is 0.753. The molecule has 1 fully saturated rings. The molecule has 2 atom stereocenters. The predicted molar refractivity (Wildman–Crippen MR) is 95.0 cm³/mol. The van der Waals surface area contributed by atoms with Gasteiger partial charge in [0.25, 0.3) is 0 Å². The Morgan fingerprint density at radius 2 is 1.88 bits per heavy atom. The maximum atomic E-state index is 13.2. The van der Waals surface area contributed by atoms with E-state index in [1.165, 1.54) is 6.07 Å². The molecule has 0 aliphatic carbocycles. The van der Waals surface area contributed by atoms with E-state index in [0.717, 1.165) is 45.1 Å². The molecule has 1 aromatic carbocycles. The molecule has 0 aromatic heterocycles. The van der Waals surface area contributed by atoms with Crippen molar-refractivity contribution in [2.24, 2.45) is 5.92 Å². The minimum Gasteiger partial charge on any atom is -0.314 e. The number of halogens is 5. The standard InChI is InChI=1S/C17H24ClF3N2.ClH/c1-3-5-12(2)16(23-10-8-22-9-11-23)13-6-4-7-14(15(13)18)17(19,20)21;/h4,6-7,12,16,22H,3,5,8-11H2,1-2H3;1H/t12?,16-;/m1./s1. The van der Waals surface area contributed by atoms with Crippen molar-refractivity contribution in [1.82, 2.24) is 10.2 Å². The van der Waals surface area contributed by atoms with E-state index in [1.54, 1.807) is 6.07 Å². The molecule has 2 rings (SSSR count). The number of hydrogen-bond acceptors (Lipinski definition) is 2. The highest BCUT2D eigenvalue weighted by Crippen LogP contribution is 2.42. The van der Waals surface area contributed by atoms with Crippen LogP contribution in [0.15, 0.2) is 18.2 Å². The largest absolute Gasteiger partial charge is 0.417 e. The maximum absolute atomic E-state index is 13.2. The van der Waals surface area contributed by atoms with Gasteiger partial charge >= 0.3 is 6.18 Å². The Morgan fingerprint density at radius 3 is 2.42 bits per heavy atom. The average molecular weight is 385 g/mol. The Kier molecular flexibility index (Phi) is 8.33. The van der Waals surface area contributed by atoms with Crippen LogP contribution in [0.2, 0.25) is 5.02 Å². The third-order valence-corrected chi connectivity index (χ3v) is 4.90. The lowest BCUT2D eigenvalue weighted by Gasteiger charge is -2.39. The van der Waals surface area contributed by atoms with Crippen molar-refractivity contribution in [2.45, 2.75) is 38.9 Å². The molecule has 1 aromatic rings. The molecular weight excluding hydrogens is 360 g/mol. The molecule has 1 N–H and O–H groups in total. The minimum atomic E-state index is -4.42. The third-order valence-electron chi connectivity index (χ3n) is 4.48. The lowest BCUT2D eigenvalue weighted by Crippen LogP contribution is -2.46. The molecule has 2 nitrogen and oxygen atoms in total. The second kappa shape index (κ2) is 9.27. The number of hydrogen-bond donors (Lipinski definition) is 1. The van der Waals surface area contributed by atoms with Crippen LogP contribution in [0.4, 0.5) is 13.2 Å².